The number of nitrogens with zero attached hydrogens (tertiary/aromatic N) is 1. The van der Waals surface area contributed by atoms with Gasteiger partial charge in [0, 0.05) is 23.6 Å². The molecule has 90 valence electrons. The Bertz CT molecular complexity index is 540. The number of hydrogen-bond acceptors (Lipinski definition) is 2. The minimum absolute atomic E-state index is 0.288. The summed E-state index contributed by atoms with van der Waals surface area (Å²) in [6, 6.07) is 7.69. The van der Waals surface area contributed by atoms with Crippen molar-refractivity contribution in [3.8, 4) is 0 Å². The van der Waals surface area contributed by atoms with E-state index in [0.29, 0.717) is 11.5 Å². The summed E-state index contributed by atoms with van der Waals surface area (Å²) in [4.78, 5) is 11.4. The normalized spacial score (nSPS) is 11.1. The smallest absolute Gasteiger partial charge is 0.337 e. The zero-order chi connectivity index (χ0) is 12.4. The minimum Gasteiger partial charge on any atom is -0.465 e. The highest BCUT2D eigenvalue weighted by Crippen LogP contribution is 2.19. The van der Waals surface area contributed by atoms with E-state index < -0.39 is 0 Å². The molecule has 2 aromatic rings. The van der Waals surface area contributed by atoms with Gasteiger partial charge >= 0.3 is 5.97 Å². The molecular weight excluding hydrogens is 214 g/mol. The molecule has 0 bridgehead atoms. The first-order valence-corrected chi connectivity index (χ1v) is 5.79. The van der Waals surface area contributed by atoms with Crippen LogP contribution in [0, 0.1) is 5.92 Å². The van der Waals surface area contributed by atoms with E-state index in [1.165, 1.54) is 7.11 Å². The molecular formula is C14H17NO2. The maximum atomic E-state index is 11.4. The van der Waals surface area contributed by atoms with Gasteiger partial charge in [-0.15, -0.1) is 0 Å². The van der Waals surface area contributed by atoms with Crippen LogP contribution in [0.2, 0.25) is 0 Å². The molecule has 1 heterocycles. The number of aromatic nitrogens is 1. The fourth-order valence-electron chi connectivity index (χ4n) is 2.00. The average molecular weight is 231 g/mol. The fraction of sp³-hybridized carbons (Fsp3) is 0.357. The molecule has 2 rings (SSSR count). The lowest BCUT2D eigenvalue weighted by Gasteiger charge is -2.08. The van der Waals surface area contributed by atoms with Gasteiger partial charge < -0.3 is 9.30 Å². The van der Waals surface area contributed by atoms with Crippen LogP contribution in [0.15, 0.2) is 30.5 Å². The molecule has 0 radical (unpaired) electrons. The average Bonchev–Trinajstić information content (AvgIpc) is 2.70. The molecule has 0 aliphatic heterocycles. The summed E-state index contributed by atoms with van der Waals surface area (Å²) in [6.45, 7) is 5.37. The molecule has 1 aromatic heterocycles. The second kappa shape index (κ2) is 4.62. The van der Waals surface area contributed by atoms with E-state index in [1.807, 2.05) is 24.3 Å². The Hall–Kier alpha value is -1.77. The quantitative estimate of drug-likeness (QED) is 0.760. The van der Waals surface area contributed by atoms with Crippen molar-refractivity contribution in [2.75, 3.05) is 7.11 Å². The van der Waals surface area contributed by atoms with Gasteiger partial charge in [-0.25, -0.2) is 4.79 Å². The first-order chi connectivity index (χ1) is 8.11. The predicted molar refractivity (Wildman–Crippen MR) is 68.1 cm³/mol. The van der Waals surface area contributed by atoms with Crippen LogP contribution in [-0.4, -0.2) is 17.6 Å². The molecule has 0 spiro atoms. The van der Waals surface area contributed by atoms with Crippen LogP contribution in [0.3, 0.4) is 0 Å². The summed E-state index contributed by atoms with van der Waals surface area (Å²) >= 11 is 0. The third-order valence-electron chi connectivity index (χ3n) is 2.75. The Labute approximate surface area is 101 Å². The van der Waals surface area contributed by atoms with E-state index in [0.717, 1.165) is 17.4 Å². The van der Waals surface area contributed by atoms with Gasteiger partial charge in [0.1, 0.15) is 0 Å². The van der Waals surface area contributed by atoms with Crippen molar-refractivity contribution in [1.82, 2.24) is 4.57 Å². The Kier molecular flexibility index (Phi) is 3.18. The van der Waals surface area contributed by atoms with Crippen molar-refractivity contribution in [3.05, 3.63) is 36.0 Å². The van der Waals surface area contributed by atoms with Crippen molar-refractivity contribution in [2.45, 2.75) is 20.4 Å². The third kappa shape index (κ3) is 2.33. The zero-order valence-corrected chi connectivity index (χ0v) is 10.4. The van der Waals surface area contributed by atoms with Gasteiger partial charge in [0.2, 0.25) is 0 Å². The van der Waals surface area contributed by atoms with Gasteiger partial charge in [-0.1, -0.05) is 13.8 Å². The highest BCUT2D eigenvalue weighted by Gasteiger charge is 2.08. The molecule has 0 fully saturated rings. The van der Waals surface area contributed by atoms with E-state index >= 15 is 0 Å². The van der Waals surface area contributed by atoms with E-state index in [1.54, 1.807) is 0 Å². The van der Waals surface area contributed by atoms with Gasteiger partial charge in [-0.05, 0) is 30.2 Å². The van der Waals surface area contributed by atoms with E-state index in [9.17, 15) is 4.79 Å². The summed E-state index contributed by atoms with van der Waals surface area (Å²) in [5.41, 5.74) is 1.76. The number of benzene rings is 1. The second-order valence-corrected chi connectivity index (χ2v) is 4.63. The Morgan fingerprint density at radius 2 is 2.12 bits per heavy atom. The van der Waals surface area contributed by atoms with E-state index in [4.69, 9.17) is 4.74 Å². The van der Waals surface area contributed by atoms with Crippen molar-refractivity contribution in [2.24, 2.45) is 5.92 Å². The number of methoxy groups -OCH3 is 1. The summed E-state index contributed by atoms with van der Waals surface area (Å²) in [6.07, 6.45) is 2.06. The fourth-order valence-corrected chi connectivity index (χ4v) is 2.00. The standard InChI is InChI=1S/C14H17NO2/c1-10(2)9-15-7-6-11-8-12(14(16)17-3)4-5-13(11)15/h4-8,10H,9H2,1-3H3. The van der Waals surface area contributed by atoms with Gasteiger partial charge in [0.05, 0.1) is 12.7 Å². The second-order valence-electron chi connectivity index (χ2n) is 4.63. The maximum Gasteiger partial charge on any atom is 0.337 e. The summed E-state index contributed by atoms with van der Waals surface area (Å²) in [7, 11) is 1.40. The highest BCUT2D eigenvalue weighted by atomic mass is 16.5. The highest BCUT2D eigenvalue weighted by molar-refractivity contribution is 5.94. The molecule has 0 N–H and O–H groups in total. The van der Waals surface area contributed by atoms with Crippen LogP contribution in [0.5, 0.6) is 0 Å². The number of fused-ring (bicyclic) bond motifs is 1. The topological polar surface area (TPSA) is 31.2 Å². The lowest BCUT2D eigenvalue weighted by Crippen LogP contribution is -2.03. The summed E-state index contributed by atoms with van der Waals surface area (Å²) < 4.78 is 6.92. The number of rotatable bonds is 3. The lowest BCUT2D eigenvalue weighted by molar-refractivity contribution is 0.0601. The number of ether oxygens (including phenoxy) is 1. The van der Waals surface area contributed by atoms with Gasteiger partial charge in [-0.2, -0.15) is 0 Å². The summed E-state index contributed by atoms with van der Waals surface area (Å²) in [5.74, 6) is 0.314. The monoisotopic (exact) mass is 231 g/mol. The Morgan fingerprint density at radius 1 is 1.35 bits per heavy atom. The van der Waals surface area contributed by atoms with Crippen LogP contribution in [0.25, 0.3) is 10.9 Å². The molecule has 0 atom stereocenters. The van der Waals surface area contributed by atoms with Gasteiger partial charge in [0.25, 0.3) is 0 Å². The largest absolute Gasteiger partial charge is 0.465 e. The molecule has 0 saturated heterocycles. The van der Waals surface area contributed by atoms with E-state index in [-0.39, 0.29) is 5.97 Å². The molecule has 0 aliphatic rings. The van der Waals surface area contributed by atoms with Gasteiger partial charge in [0.15, 0.2) is 0 Å². The number of carbonyl (C=O) groups excluding carboxylic acids is 1. The zero-order valence-electron chi connectivity index (χ0n) is 10.4. The van der Waals surface area contributed by atoms with Crippen LogP contribution < -0.4 is 0 Å². The molecule has 1 aromatic carbocycles. The lowest BCUT2D eigenvalue weighted by atomic mass is 10.1. The first-order valence-electron chi connectivity index (χ1n) is 5.79. The maximum absolute atomic E-state index is 11.4. The summed E-state index contributed by atoms with van der Waals surface area (Å²) in [5, 5.41) is 1.08. The van der Waals surface area contributed by atoms with Crippen LogP contribution in [0.1, 0.15) is 24.2 Å². The molecule has 3 nitrogen and oxygen atoms in total. The van der Waals surface area contributed by atoms with Crippen LogP contribution in [-0.2, 0) is 11.3 Å². The SMILES string of the molecule is COC(=O)c1ccc2c(ccn2CC(C)C)c1. The molecule has 0 aliphatic carbocycles. The van der Waals surface area contributed by atoms with Crippen molar-refractivity contribution in [1.29, 1.82) is 0 Å². The molecule has 0 unspecified atom stereocenters. The van der Waals surface area contributed by atoms with Crippen molar-refractivity contribution in [3.63, 3.8) is 0 Å². The van der Waals surface area contributed by atoms with Crippen molar-refractivity contribution >= 4 is 16.9 Å². The van der Waals surface area contributed by atoms with E-state index in [2.05, 4.69) is 24.6 Å². The molecule has 17 heavy (non-hydrogen) atoms. The predicted octanol–water partition coefficient (Wildman–Crippen LogP) is 3.08. The number of carbonyl (C=O) groups is 1. The van der Waals surface area contributed by atoms with Gasteiger partial charge in [-0.3, -0.25) is 0 Å². The molecule has 3 heteroatoms. The number of hydrogen-bond donors (Lipinski definition) is 0. The van der Waals surface area contributed by atoms with Crippen molar-refractivity contribution < 1.29 is 9.53 Å². The molecule has 0 saturated carbocycles. The Morgan fingerprint density at radius 3 is 2.76 bits per heavy atom. The Balaban J connectivity index is 2.41. The first kappa shape index (κ1) is 11.7. The van der Waals surface area contributed by atoms with Crippen LogP contribution in [0.4, 0.5) is 0 Å². The number of esters is 1. The third-order valence-corrected chi connectivity index (χ3v) is 2.75. The minimum atomic E-state index is -0.288. The van der Waals surface area contributed by atoms with Crippen LogP contribution >= 0.6 is 0 Å². The molecule has 0 amide bonds.